The van der Waals surface area contributed by atoms with E-state index in [4.69, 9.17) is 11.6 Å². The van der Waals surface area contributed by atoms with Gasteiger partial charge >= 0.3 is 0 Å². The molecule has 0 bridgehead atoms. The number of nitrogens with one attached hydrogen (secondary N) is 3. The summed E-state index contributed by atoms with van der Waals surface area (Å²) in [4.78, 5) is 23.8. The number of benzene rings is 1. The molecule has 2 amide bonds. The molecule has 3 N–H and O–H groups in total. The summed E-state index contributed by atoms with van der Waals surface area (Å²) in [5.41, 5.74) is 0.942. The highest BCUT2D eigenvalue weighted by Crippen LogP contribution is 2.21. The fourth-order valence-corrected chi connectivity index (χ4v) is 2.44. The quantitative estimate of drug-likeness (QED) is 0.794. The Labute approximate surface area is 135 Å². The Morgan fingerprint density at radius 3 is 2.76 bits per heavy atom. The van der Waals surface area contributed by atoms with Gasteiger partial charge in [-0.2, -0.15) is 0 Å². The van der Waals surface area contributed by atoms with E-state index < -0.39 is 0 Å². The second-order valence-corrected chi connectivity index (χ2v) is 5.21. The second kappa shape index (κ2) is 8.22. The minimum atomic E-state index is -0.273. The number of hydrogen-bond donors (Lipinski definition) is 3. The van der Waals surface area contributed by atoms with Crippen molar-refractivity contribution in [3.05, 3.63) is 28.8 Å². The van der Waals surface area contributed by atoms with Crippen LogP contribution in [-0.4, -0.2) is 32.0 Å². The Hall–Kier alpha value is -1.30. The molecule has 1 saturated heterocycles. The van der Waals surface area contributed by atoms with Crippen molar-refractivity contribution in [2.24, 2.45) is 5.92 Å². The highest BCUT2D eigenvalue weighted by molar-refractivity contribution is 6.34. The molecule has 1 aliphatic rings. The molecule has 0 unspecified atom stereocenters. The number of carbonyl (C=O) groups is 2. The molecule has 0 aromatic heterocycles. The van der Waals surface area contributed by atoms with E-state index in [0.29, 0.717) is 22.8 Å². The van der Waals surface area contributed by atoms with Crippen molar-refractivity contribution in [3.8, 4) is 0 Å². The number of anilines is 1. The van der Waals surface area contributed by atoms with Gasteiger partial charge in [-0.05, 0) is 37.6 Å². The zero-order valence-corrected chi connectivity index (χ0v) is 13.3. The molecule has 116 valence electrons. The third-order valence-corrected chi connectivity index (χ3v) is 3.70. The zero-order valence-electron chi connectivity index (χ0n) is 11.7. The first-order valence-corrected chi connectivity index (χ1v) is 7.03. The van der Waals surface area contributed by atoms with Gasteiger partial charge in [-0.25, -0.2) is 0 Å². The Balaban J connectivity index is 0.00000220. The average molecular weight is 332 g/mol. The summed E-state index contributed by atoms with van der Waals surface area (Å²) in [5, 5.41) is 8.93. The predicted octanol–water partition coefficient (Wildman–Crippen LogP) is 2.06. The minimum absolute atomic E-state index is 0. The Morgan fingerprint density at radius 1 is 1.38 bits per heavy atom. The molecule has 1 heterocycles. The van der Waals surface area contributed by atoms with E-state index in [1.54, 1.807) is 18.2 Å². The fraction of sp³-hybridized carbons (Fsp3) is 0.429. The Kier molecular flexibility index (Phi) is 6.95. The third-order valence-electron chi connectivity index (χ3n) is 3.37. The first-order valence-electron chi connectivity index (χ1n) is 6.65. The first-order chi connectivity index (χ1) is 9.61. The van der Waals surface area contributed by atoms with Crippen LogP contribution in [0.25, 0.3) is 0 Å². The lowest BCUT2D eigenvalue weighted by atomic mass is 9.98. The number of halogens is 2. The SMILES string of the molecule is CNC(=O)c1cc(NC(=O)[C@@H]2CCCNC2)ccc1Cl.Cl. The lowest BCUT2D eigenvalue weighted by Crippen LogP contribution is -2.37. The van der Waals surface area contributed by atoms with Gasteiger partial charge in [0.25, 0.3) is 5.91 Å². The smallest absolute Gasteiger partial charge is 0.252 e. The molecule has 0 saturated carbocycles. The van der Waals surface area contributed by atoms with Crippen LogP contribution < -0.4 is 16.0 Å². The van der Waals surface area contributed by atoms with Crippen LogP contribution in [0.4, 0.5) is 5.69 Å². The van der Waals surface area contributed by atoms with Gasteiger partial charge in [0.2, 0.25) is 5.91 Å². The van der Waals surface area contributed by atoms with E-state index in [0.717, 1.165) is 19.4 Å². The molecule has 0 spiro atoms. The van der Waals surface area contributed by atoms with Crippen molar-refractivity contribution in [1.82, 2.24) is 10.6 Å². The topological polar surface area (TPSA) is 70.2 Å². The van der Waals surface area contributed by atoms with Gasteiger partial charge in [-0.3, -0.25) is 9.59 Å². The Morgan fingerprint density at radius 2 is 2.14 bits per heavy atom. The van der Waals surface area contributed by atoms with Gasteiger partial charge < -0.3 is 16.0 Å². The van der Waals surface area contributed by atoms with Crippen LogP contribution in [0.1, 0.15) is 23.2 Å². The maximum absolute atomic E-state index is 12.1. The molecule has 0 aliphatic carbocycles. The second-order valence-electron chi connectivity index (χ2n) is 4.81. The summed E-state index contributed by atoms with van der Waals surface area (Å²) >= 11 is 5.97. The van der Waals surface area contributed by atoms with Gasteiger partial charge in [-0.1, -0.05) is 11.6 Å². The molecule has 0 radical (unpaired) electrons. The van der Waals surface area contributed by atoms with Crippen molar-refractivity contribution in [2.45, 2.75) is 12.8 Å². The summed E-state index contributed by atoms with van der Waals surface area (Å²) in [6, 6.07) is 4.90. The maximum atomic E-state index is 12.1. The van der Waals surface area contributed by atoms with E-state index in [9.17, 15) is 9.59 Å². The largest absolute Gasteiger partial charge is 0.355 e. The van der Waals surface area contributed by atoms with E-state index in [-0.39, 0.29) is 30.1 Å². The minimum Gasteiger partial charge on any atom is -0.355 e. The maximum Gasteiger partial charge on any atom is 0.252 e. The summed E-state index contributed by atoms with van der Waals surface area (Å²) in [6.45, 7) is 1.66. The molecule has 1 aromatic rings. The Bertz CT molecular complexity index is 517. The average Bonchev–Trinajstić information content (AvgIpc) is 2.49. The number of rotatable bonds is 3. The van der Waals surface area contributed by atoms with Crippen molar-refractivity contribution in [2.75, 3.05) is 25.5 Å². The van der Waals surface area contributed by atoms with Crippen LogP contribution in [0.5, 0.6) is 0 Å². The van der Waals surface area contributed by atoms with Gasteiger partial charge in [-0.15, -0.1) is 12.4 Å². The number of hydrogen-bond acceptors (Lipinski definition) is 3. The van der Waals surface area contributed by atoms with Gasteiger partial charge in [0, 0.05) is 19.3 Å². The molecule has 21 heavy (non-hydrogen) atoms. The molecule has 1 atom stereocenters. The lowest BCUT2D eigenvalue weighted by Gasteiger charge is -2.22. The van der Waals surface area contributed by atoms with Crippen molar-refractivity contribution < 1.29 is 9.59 Å². The van der Waals surface area contributed by atoms with Crippen molar-refractivity contribution in [3.63, 3.8) is 0 Å². The van der Waals surface area contributed by atoms with E-state index in [1.807, 2.05) is 0 Å². The summed E-state index contributed by atoms with van der Waals surface area (Å²) in [7, 11) is 1.54. The van der Waals surface area contributed by atoms with Gasteiger partial charge in [0.05, 0.1) is 16.5 Å². The third kappa shape index (κ3) is 4.59. The molecular weight excluding hydrogens is 313 g/mol. The molecule has 1 fully saturated rings. The van der Waals surface area contributed by atoms with Crippen LogP contribution in [0, 0.1) is 5.92 Å². The monoisotopic (exact) mass is 331 g/mol. The summed E-state index contributed by atoms with van der Waals surface area (Å²) < 4.78 is 0. The normalized spacial score (nSPS) is 17.5. The highest BCUT2D eigenvalue weighted by atomic mass is 35.5. The molecule has 5 nitrogen and oxygen atoms in total. The lowest BCUT2D eigenvalue weighted by molar-refractivity contribution is -0.120. The number of piperidine rings is 1. The fourth-order valence-electron chi connectivity index (χ4n) is 2.23. The molecule has 2 rings (SSSR count). The summed E-state index contributed by atoms with van der Waals surface area (Å²) in [5.74, 6) is -0.323. The molecule has 7 heteroatoms. The standard InChI is InChI=1S/C14H18ClN3O2.ClH/c1-16-14(20)11-7-10(4-5-12(11)15)18-13(19)9-3-2-6-17-8-9;/h4-5,7,9,17H,2-3,6,8H2,1H3,(H,16,20)(H,18,19);1H/t9-;/m1./s1. The van der Waals surface area contributed by atoms with Crippen LogP contribution in [0.2, 0.25) is 5.02 Å². The van der Waals surface area contributed by atoms with Crippen LogP contribution >= 0.6 is 24.0 Å². The van der Waals surface area contributed by atoms with Gasteiger partial charge in [0.15, 0.2) is 0 Å². The van der Waals surface area contributed by atoms with Crippen LogP contribution in [0.3, 0.4) is 0 Å². The molecule has 1 aliphatic heterocycles. The zero-order chi connectivity index (χ0) is 14.5. The molecule has 1 aromatic carbocycles. The molecular formula is C14H19Cl2N3O2. The number of carbonyl (C=O) groups excluding carboxylic acids is 2. The van der Waals surface area contributed by atoms with E-state index in [1.165, 1.54) is 7.05 Å². The van der Waals surface area contributed by atoms with Crippen molar-refractivity contribution >= 4 is 41.5 Å². The van der Waals surface area contributed by atoms with Crippen LogP contribution in [0.15, 0.2) is 18.2 Å². The van der Waals surface area contributed by atoms with Crippen molar-refractivity contribution in [1.29, 1.82) is 0 Å². The summed E-state index contributed by atoms with van der Waals surface area (Å²) in [6.07, 6.45) is 1.89. The van der Waals surface area contributed by atoms with Crippen LogP contribution in [-0.2, 0) is 4.79 Å². The predicted molar refractivity (Wildman–Crippen MR) is 86.3 cm³/mol. The first kappa shape index (κ1) is 17.8. The number of amides is 2. The van der Waals surface area contributed by atoms with E-state index in [2.05, 4.69) is 16.0 Å². The highest BCUT2D eigenvalue weighted by Gasteiger charge is 2.21. The van der Waals surface area contributed by atoms with Gasteiger partial charge in [0.1, 0.15) is 0 Å². The van der Waals surface area contributed by atoms with E-state index >= 15 is 0 Å².